The van der Waals surface area contributed by atoms with Crippen LogP contribution in [-0.4, -0.2) is 31.7 Å². The van der Waals surface area contributed by atoms with E-state index >= 15 is 0 Å². The highest BCUT2D eigenvalue weighted by Gasteiger charge is 2.23. The molecule has 0 aliphatic heterocycles. The topological polar surface area (TPSA) is 21.3 Å². The number of rotatable bonds is 8. The van der Waals surface area contributed by atoms with Crippen LogP contribution in [0.5, 0.6) is 0 Å². The lowest BCUT2D eigenvalue weighted by Gasteiger charge is -2.29. The first-order valence-corrected chi connectivity index (χ1v) is 5.17. The number of halogens is 2. The SMILES string of the molecule is CCCNCC(C)(CC)OCC(F)F. The minimum atomic E-state index is -2.38. The average molecular weight is 209 g/mol. The first kappa shape index (κ1) is 13.8. The highest BCUT2D eigenvalue weighted by molar-refractivity contribution is 4.76. The van der Waals surface area contributed by atoms with Crippen LogP contribution in [0.1, 0.15) is 33.6 Å². The molecule has 0 fully saturated rings. The second-order valence-corrected chi connectivity index (χ2v) is 3.68. The highest BCUT2D eigenvalue weighted by atomic mass is 19.3. The van der Waals surface area contributed by atoms with Crippen molar-refractivity contribution in [1.29, 1.82) is 0 Å². The van der Waals surface area contributed by atoms with Crippen LogP contribution in [0.3, 0.4) is 0 Å². The zero-order valence-corrected chi connectivity index (χ0v) is 9.28. The largest absolute Gasteiger partial charge is 0.368 e. The fourth-order valence-corrected chi connectivity index (χ4v) is 1.07. The van der Waals surface area contributed by atoms with Gasteiger partial charge in [-0.05, 0) is 26.3 Å². The quantitative estimate of drug-likeness (QED) is 0.620. The van der Waals surface area contributed by atoms with Gasteiger partial charge in [0.2, 0.25) is 0 Å². The van der Waals surface area contributed by atoms with Crippen molar-refractivity contribution in [2.24, 2.45) is 0 Å². The summed E-state index contributed by atoms with van der Waals surface area (Å²) >= 11 is 0. The molecule has 0 aliphatic carbocycles. The number of hydrogen-bond acceptors (Lipinski definition) is 2. The van der Waals surface area contributed by atoms with Gasteiger partial charge in [0, 0.05) is 6.54 Å². The van der Waals surface area contributed by atoms with Crippen molar-refractivity contribution in [3.8, 4) is 0 Å². The van der Waals surface area contributed by atoms with E-state index in [1.165, 1.54) is 0 Å². The third-order valence-corrected chi connectivity index (χ3v) is 2.23. The molecule has 0 saturated carbocycles. The van der Waals surface area contributed by atoms with Crippen molar-refractivity contribution in [2.45, 2.75) is 45.6 Å². The molecular formula is C10H21F2NO. The number of nitrogens with one attached hydrogen (secondary N) is 1. The molecule has 0 spiro atoms. The van der Waals surface area contributed by atoms with E-state index in [4.69, 9.17) is 4.74 Å². The van der Waals surface area contributed by atoms with Gasteiger partial charge in [-0.1, -0.05) is 13.8 Å². The van der Waals surface area contributed by atoms with E-state index in [0.717, 1.165) is 19.4 Å². The Bertz CT molecular complexity index is 144. The summed E-state index contributed by atoms with van der Waals surface area (Å²) in [5.41, 5.74) is -0.467. The molecule has 0 radical (unpaired) electrons. The molecule has 0 amide bonds. The average Bonchev–Trinajstić information content (AvgIpc) is 2.15. The fraction of sp³-hybridized carbons (Fsp3) is 1.00. The first-order valence-electron chi connectivity index (χ1n) is 5.17. The van der Waals surface area contributed by atoms with Crippen LogP contribution in [0.2, 0.25) is 0 Å². The molecule has 1 unspecified atom stereocenters. The molecule has 0 aromatic carbocycles. The summed E-state index contributed by atoms with van der Waals surface area (Å²) in [4.78, 5) is 0. The summed E-state index contributed by atoms with van der Waals surface area (Å²) in [5, 5.41) is 3.18. The maximum Gasteiger partial charge on any atom is 0.261 e. The molecule has 14 heavy (non-hydrogen) atoms. The number of hydrogen-bond donors (Lipinski definition) is 1. The minimum Gasteiger partial charge on any atom is -0.368 e. The van der Waals surface area contributed by atoms with Gasteiger partial charge in [0.05, 0.1) is 5.60 Å². The molecule has 0 rings (SSSR count). The van der Waals surface area contributed by atoms with Crippen molar-refractivity contribution >= 4 is 0 Å². The predicted molar refractivity (Wildman–Crippen MR) is 53.8 cm³/mol. The van der Waals surface area contributed by atoms with Gasteiger partial charge < -0.3 is 10.1 Å². The van der Waals surface area contributed by atoms with Crippen LogP contribution in [0.4, 0.5) is 8.78 Å². The molecular weight excluding hydrogens is 188 g/mol. The van der Waals surface area contributed by atoms with Crippen LogP contribution in [0.15, 0.2) is 0 Å². The Hall–Kier alpha value is -0.220. The van der Waals surface area contributed by atoms with Crippen molar-refractivity contribution in [3.63, 3.8) is 0 Å². The maximum atomic E-state index is 11.9. The van der Waals surface area contributed by atoms with Gasteiger partial charge in [0.1, 0.15) is 6.61 Å². The molecule has 1 atom stereocenters. The summed E-state index contributed by atoms with van der Waals surface area (Å²) in [6, 6.07) is 0. The van der Waals surface area contributed by atoms with Crippen molar-refractivity contribution in [1.82, 2.24) is 5.32 Å². The fourth-order valence-electron chi connectivity index (χ4n) is 1.07. The molecule has 1 N–H and O–H groups in total. The third kappa shape index (κ3) is 6.27. The van der Waals surface area contributed by atoms with E-state index in [0.29, 0.717) is 6.54 Å². The van der Waals surface area contributed by atoms with Crippen LogP contribution >= 0.6 is 0 Å². The van der Waals surface area contributed by atoms with Crippen LogP contribution < -0.4 is 5.32 Å². The van der Waals surface area contributed by atoms with Gasteiger partial charge in [0.25, 0.3) is 6.43 Å². The Morgan fingerprint density at radius 1 is 1.36 bits per heavy atom. The lowest BCUT2D eigenvalue weighted by atomic mass is 10.0. The lowest BCUT2D eigenvalue weighted by Crippen LogP contribution is -2.41. The van der Waals surface area contributed by atoms with Gasteiger partial charge in [-0.15, -0.1) is 0 Å². The Balaban J connectivity index is 3.79. The lowest BCUT2D eigenvalue weighted by molar-refractivity contribution is -0.0798. The summed E-state index contributed by atoms with van der Waals surface area (Å²) in [7, 11) is 0. The van der Waals surface area contributed by atoms with E-state index in [9.17, 15) is 8.78 Å². The van der Waals surface area contributed by atoms with Gasteiger partial charge in [-0.25, -0.2) is 8.78 Å². The van der Waals surface area contributed by atoms with Crippen molar-refractivity contribution < 1.29 is 13.5 Å². The summed E-state index contributed by atoms with van der Waals surface area (Å²) in [6.45, 7) is 6.92. The number of alkyl halides is 2. The Kier molecular flexibility index (Phi) is 7.01. The smallest absolute Gasteiger partial charge is 0.261 e. The van der Waals surface area contributed by atoms with E-state index in [1.807, 2.05) is 13.8 Å². The standard InChI is InChI=1S/C10H21F2NO/c1-4-6-13-8-10(3,5-2)14-7-9(11)12/h9,13H,4-8H2,1-3H3. The first-order chi connectivity index (χ1) is 6.54. The molecule has 2 nitrogen and oxygen atoms in total. The van der Waals surface area contributed by atoms with Crippen LogP contribution in [-0.2, 0) is 4.74 Å². The maximum absolute atomic E-state index is 11.9. The third-order valence-electron chi connectivity index (χ3n) is 2.23. The Morgan fingerprint density at radius 3 is 2.43 bits per heavy atom. The second-order valence-electron chi connectivity index (χ2n) is 3.68. The monoisotopic (exact) mass is 209 g/mol. The molecule has 0 aliphatic rings. The van der Waals surface area contributed by atoms with Crippen molar-refractivity contribution in [2.75, 3.05) is 19.7 Å². The van der Waals surface area contributed by atoms with E-state index in [1.54, 1.807) is 0 Å². The van der Waals surface area contributed by atoms with Gasteiger partial charge in [-0.3, -0.25) is 0 Å². The molecule has 0 saturated heterocycles. The van der Waals surface area contributed by atoms with Crippen LogP contribution in [0, 0.1) is 0 Å². The van der Waals surface area contributed by atoms with Gasteiger partial charge in [-0.2, -0.15) is 0 Å². The zero-order valence-electron chi connectivity index (χ0n) is 9.28. The molecule has 0 heterocycles. The highest BCUT2D eigenvalue weighted by Crippen LogP contribution is 2.15. The summed E-state index contributed by atoms with van der Waals surface area (Å²) < 4.78 is 29.1. The van der Waals surface area contributed by atoms with Gasteiger partial charge >= 0.3 is 0 Å². The number of ether oxygens (including phenoxy) is 1. The summed E-state index contributed by atoms with van der Waals surface area (Å²) in [5.74, 6) is 0. The van der Waals surface area contributed by atoms with Crippen molar-refractivity contribution in [3.05, 3.63) is 0 Å². The van der Waals surface area contributed by atoms with Gasteiger partial charge in [0.15, 0.2) is 0 Å². The molecule has 0 bridgehead atoms. The zero-order chi connectivity index (χ0) is 11.0. The second kappa shape index (κ2) is 7.12. The van der Waals surface area contributed by atoms with E-state index in [2.05, 4.69) is 12.2 Å². The Morgan fingerprint density at radius 2 is 2.00 bits per heavy atom. The molecule has 0 aromatic rings. The Labute approximate surface area is 85.0 Å². The molecule has 86 valence electrons. The minimum absolute atomic E-state index is 0.467. The molecule has 4 heteroatoms. The van der Waals surface area contributed by atoms with Crippen LogP contribution in [0.25, 0.3) is 0 Å². The van der Waals surface area contributed by atoms with E-state index < -0.39 is 18.6 Å². The molecule has 0 aromatic heterocycles. The predicted octanol–water partition coefficient (Wildman–Crippen LogP) is 2.44. The van der Waals surface area contributed by atoms with E-state index in [-0.39, 0.29) is 0 Å². The summed E-state index contributed by atoms with van der Waals surface area (Å²) in [6.07, 6.45) is -0.613. The normalized spacial score (nSPS) is 15.9.